The van der Waals surface area contributed by atoms with Crippen molar-refractivity contribution in [2.45, 2.75) is 24.7 Å². The monoisotopic (exact) mass is 293 g/mol. The highest BCUT2D eigenvalue weighted by Gasteiger charge is 2.28. The predicted molar refractivity (Wildman–Crippen MR) is 79.2 cm³/mol. The second-order valence-corrected chi connectivity index (χ2v) is 6.06. The smallest absolute Gasteiger partial charge is 0.303 e. The van der Waals surface area contributed by atoms with E-state index in [-0.39, 0.29) is 18.2 Å². The van der Waals surface area contributed by atoms with E-state index in [9.17, 15) is 9.59 Å². The first-order valence-electron chi connectivity index (χ1n) is 6.67. The molecule has 0 radical (unpaired) electrons. The molecule has 20 heavy (non-hydrogen) atoms. The lowest BCUT2D eigenvalue weighted by atomic mass is 10.1. The molecule has 0 aromatic heterocycles. The van der Waals surface area contributed by atoms with Gasteiger partial charge in [-0.15, -0.1) is 11.8 Å². The van der Waals surface area contributed by atoms with Gasteiger partial charge in [0.05, 0.1) is 0 Å². The van der Waals surface area contributed by atoms with Gasteiger partial charge in [-0.3, -0.25) is 9.59 Å². The summed E-state index contributed by atoms with van der Waals surface area (Å²) in [5, 5.41) is 8.82. The number of benzene rings is 1. The lowest BCUT2D eigenvalue weighted by Crippen LogP contribution is -2.29. The van der Waals surface area contributed by atoms with Crippen molar-refractivity contribution in [3.63, 3.8) is 0 Å². The first-order valence-corrected chi connectivity index (χ1v) is 7.89. The van der Waals surface area contributed by atoms with Crippen molar-refractivity contribution in [1.29, 1.82) is 0 Å². The first-order chi connectivity index (χ1) is 9.51. The second kappa shape index (κ2) is 6.31. The Bertz CT molecular complexity index is 530. The molecule has 1 unspecified atom stereocenters. The van der Waals surface area contributed by atoms with Crippen LogP contribution >= 0.6 is 11.8 Å². The molecule has 1 aromatic rings. The zero-order valence-electron chi connectivity index (χ0n) is 11.8. The fourth-order valence-corrected chi connectivity index (χ4v) is 3.00. The van der Waals surface area contributed by atoms with E-state index in [0.717, 1.165) is 22.4 Å². The van der Waals surface area contributed by atoms with Gasteiger partial charge in [-0.25, -0.2) is 0 Å². The number of carbonyl (C=O) groups excluding carboxylic acids is 1. The zero-order chi connectivity index (χ0) is 14.7. The topological polar surface area (TPSA) is 57.6 Å². The summed E-state index contributed by atoms with van der Waals surface area (Å²) in [6.45, 7) is 3.13. The molecule has 4 nitrogen and oxygen atoms in total. The number of carboxylic acid groups (broad SMARTS) is 1. The Morgan fingerprint density at radius 3 is 2.85 bits per heavy atom. The molecule has 1 aromatic carbocycles. The molecule has 0 bridgehead atoms. The minimum absolute atomic E-state index is 0.0197. The Kier molecular flexibility index (Phi) is 4.70. The Hall–Kier alpha value is -1.49. The van der Waals surface area contributed by atoms with Crippen LogP contribution in [0.5, 0.6) is 0 Å². The van der Waals surface area contributed by atoms with Crippen LogP contribution in [-0.2, 0) is 4.79 Å². The number of carboxylic acids is 1. The number of aliphatic carboxylic acids is 1. The third kappa shape index (κ3) is 3.33. The molecule has 0 spiro atoms. The molecule has 1 saturated heterocycles. The standard InChI is InChI=1S/C15H19NO3S/c1-10-3-4-12(20-2)8-13(10)15(19)16-6-5-11(9-16)7-14(17)18/h3-4,8,11H,5-7,9H2,1-2H3,(H,17,18). The van der Waals surface area contributed by atoms with Crippen molar-refractivity contribution in [3.8, 4) is 0 Å². The average molecular weight is 293 g/mol. The summed E-state index contributed by atoms with van der Waals surface area (Å²) in [5.41, 5.74) is 1.70. The lowest BCUT2D eigenvalue weighted by Gasteiger charge is -2.18. The van der Waals surface area contributed by atoms with E-state index in [1.165, 1.54) is 0 Å². The number of hydrogen-bond donors (Lipinski definition) is 1. The van der Waals surface area contributed by atoms with Gasteiger partial charge < -0.3 is 10.0 Å². The Balaban J connectivity index is 2.10. The summed E-state index contributed by atoms with van der Waals surface area (Å²) < 4.78 is 0. The molecular weight excluding hydrogens is 274 g/mol. The summed E-state index contributed by atoms with van der Waals surface area (Å²) in [6.07, 6.45) is 2.91. The van der Waals surface area contributed by atoms with Crippen molar-refractivity contribution in [3.05, 3.63) is 29.3 Å². The van der Waals surface area contributed by atoms with Crippen LogP contribution in [0.3, 0.4) is 0 Å². The largest absolute Gasteiger partial charge is 0.481 e. The van der Waals surface area contributed by atoms with Gasteiger partial charge in [0, 0.05) is 30.0 Å². The van der Waals surface area contributed by atoms with E-state index < -0.39 is 5.97 Å². The van der Waals surface area contributed by atoms with Gasteiger partial charge in [0.25, 0.3) is 5.91 Å². The van der Waals surface area contributed by atoms with Crippen LogP contribution in [0.1, 0.15) is 28.8 Å². The summed E-state index contributed by atoms with van der Waals surface area (Å²) in [4.78, 5) is 26.1. The Morgan fingerprint density at radius 1 is 1.45 bits per heavy atom. The highest BCUT2D eigenvalue weighted by Crippen LogP contribution is 2.25. The van der Waals surface area contributed by atoms with Crippen molar-refractivity contribution >= 4 is 23.6 Å². The normalized spacial score (nSPS) is 18.3. The fraction of sp³-hybridized carbons (Fsp3) is 0.467. The molecular formula is C15H19NO3S. The zero-order valence-corrected chi connectivity index (χ0v) is 12.6. The number of likely N-dealkylation sites (tertiary alicyclic amines) is 1. The highest BCUT2D eigenvalue weighted by molar-refractivity contribution is 7.98. The van der Waals surface area contributed by atoms with E-state index in [2.05, 4.69) is 0 Å². The molecule has 5 heteroatoms. The predicted octanol–water partition coefficient (Wildman–Crippen LogP) is 2.65. The van der Waals surface area contributed by atoms with Crippen LogP contribution in [0.2, 0.25) is 0 Å². The fourth-order valence-electron chi connectivity index (χ4n) is 2.56. The van der Waals surface area contributed by atoms with E-state index >= 15 is 0 Å². The number of thioether (sulfide) groups is 1. The molecule has 1 fully saturated rings. The maximum Gasteiger partial charge on any atom is 0.303 e. The molecule has 1 aliphatic rings. The van der Waals surface area contributed by atoms with Crippen molar-refractivity contribution in [2.24, 2.45) is 5.92 Å². The first kappa shape index (κ1) is 14.9. The summed E-state index contributed by atoms with van der Waals surface area (Å²) >= 11 is 1.61. The summed E-state index contributed by atoms with van der Waals surface area (Å²) in [6, 6.07) is 5.89. The number of amides is 1. The van der Waals surface area contributed by atoms with Gasteiger partial charge in [0.1, 0.15) is 0 Å². The van der Waals surface area contributed by atoms with E-state index in [1.807, 2.05) is 31.4 Å². The highest BCUT2D eigenvalue weighted by atomic mass is 32.2. The molecule has 0 aliphatic carbocycles. The third-order valence-corrected chi connectivity index (χ3v) is 4.44. The van der Waals surface area contributed by atoms with Gasteiger partial charge in [-0.2, -0.15) is 0 Å². The van der Waals surface area contributed by atoms with Gasteiger partial charge >= 0.3 is 5.97 Å². The van der Waals surface area contributed by atoms with Crippen LogP contribution in [0.15, 0.2) is 23.1 Å². The van der Waals surface area contributed by atoms with Gasteiger partial charge in [0.15, 0.2) is 0 Å². The Labute approximate surface area is 123 Å². The van der Waals surface area contributed by atoms with E-state index in [1.54, 1.807) is 16.7 Å². The van der Waals surface area contributed by atoms with Crippen LogP contribution < -0.4 is 0 Å². The average Bonchev–Trinajstić information content (AvgIpc) is 2.86. The minimum atomic E-state index is -0.787. The second-order valence-electron chi connectivity index (χ2n) is 5.18. The summed E-state index contributed by atoms with van der Waals surface area (Å²) in [5.74, 6) is -0.684. The number of hydrogen-bond acceptors (Lipinski definition) is 3. The van der Waals surface area contributed by atoms with Gasteiger partial charge in [-0.05, 0) is 43.2 Å². The third-order valence-electron chi connectivity index (χ3n) is 3.71. The van der Waals surface area contributed by atoms with Gasteiger partial charge in [-0.1, -0.05) is 6.07 Å². The SMILES string of the molecule is CSc1ccc(C)c(C(=O)N2CCC(CC(=O)O)C2)c1. The van der Waals surface area contributed by atoms with Crippen LogP contribution in [0.25, 0.3) is 0 Å². The van der Waals surface area contributed by atoms with Gasteiger partial charge in [0.2, 0.25) is 0 Å². The summed E-state index contributed by atoms with van der Waals surface area (Å²) in [7, 11) is 0. The van der Waals surface area contributed by atoms with Crippen molar-refractivity contribution < 1.29 is 14.7 Å². The molecule has 2 rings (SSSR count). The minimum Gasteiger partial charge on any atom is -0.481 e. The quantitative estimate of drug-likeness (QED) is 0.867. The molecule has 1 aliphatic heterocycles. The van der Waals surface area contributed by atoms with Crippen LogP contribution in [-0.4, -0.2) is 41.2 Å². The number of rotatable bonds is 4. The van der Waals surface area contributed by atoms with E-state index in [4.69, 9.17) is 5.11 Å². The Morgan fingerprint density at radius 2 is 2.20 bits per heavy atom. The number of nitrogens with zero attached hydrogens (tertiary/aromatic N) is 1. The van der Waals surface area contributed by atoms with E-state index in [0.29, 0.717) is 13.1 Å². The molecule has 1 heterocycles. The maximum absolute atomic E-state index is 12.5. The molecule has 1 atom stereocenters. The van der Waals surface area contributed by atoms with Crippen molar-refractivity contribution in [1.82, 2.24) is 4.90 Å². The van der Waals surface area contributed by atoms with Crippen LogP contribution in [0.4, 0.5) is 0 Å². The van der Waals surface area contributed by atoms with Crippen molar-refractivity contribution in [2.75, 3.05) is 19.3 Å². The molecule has 1 N–H and O–H groups in total. The molecule has 1 amide bonds. The number of aryl methyl sites for hydroxylation is 1. The number of carbonyl (C=O) groups is 2. The van der Waals surface area contributed by atoms with Crippen LogP contribution in [0, 0.1) is 12.8 Å². The molecule has 0 saturated carbocycles. The molecule has 108 valence electrons. The maximum atomic E-state index is 12.5. The lowest BCUT2D eigenvalue weighted by molar-refractivity contribution is -0.138.